The average molecular weight is 213 g/mol. The van der Waals surface area contributed by atoms with E-state index in [0.29, 0.717) is 0 Å². The molecule has 2 N–H and O–H groups in total. The van der Waals surface area contributed by atoms with Gasteiger partial charge in [0.15, 0.2) is 0 Å². The van der Waals surface area contributed by atoms with Crippen molar-refractivity contribution < 1.29 is 22.7 Å². The first-order valence-corrected chi connectivity index (χ1v) is 4.21. The molecule has 0 aliphatic heterocycles. The Kier molecular flexibility index (Phi) is 4.90. The van der Waals surface area contributed by atoms with Crippen LogP contribution in [0.25, 0.3) is 0 Å². The lowest BCUT2D eigenvalue weighted by atomic mass is 10.2. The van der Waals surface area contributed by atoms with Crippen molar-refractivity contribution in [3.05, 3.63) is 0 Å². The monoisotopic (exact) mass is 213 g/mol. The lowest BCUT2D eigenvalue weighted by Gasteiger charge is -2.15. The average Bonchev–Trinajstić information content (AvgIpc) is 1.99. The number of hydrogen-bond donors (Lipinski definition) is 1. The highest BCUT2D eigenvalue weighted by atomic mass is 19.4. The van der Waals surface area contributed by atoms with Gasteiger partial charge in [-0.1, -0.05) is 13.8 Å². The summed E-state index contributed by atoms with van der Waals surface area (Å²) in [6, 6.07) is -2.14. The molecule has 84 valence electrons. The first-order chi connectivity index (χ1) is 6.23. The maximum atomic E-state index is 11.9. The molecular weight excluding hydrogens is 199 g/mol. The number of carbonyl (C=O) groups excluding carboxylic acids is 1. The summed E-state index contributed by atoms with van der Waals surface area (Å²) in [6.07, 6.45) is -5.37. The highest BCUT2D eigenvalue weighted by molar-refractivity contribution is 5.70. The lowest BCUT2D eigenvalue weighted by Crippen LogP contribution is -2.39. The molecule has 3 nitrogen and oxygen atoms in total. The van der Waals surface area contributed by atoms with Gasteiger partial charge in [0.25, 0.3) is 0 Å². The van der Waals surface area contributed by atoms with Gasteiger partial charge in [-0.2, -0.15) is 13.2 Å². The van der Waals surface area contributed by atoms with Gasteiger partial charge in [0.1, 0.15) is 6.04 Å². The highest BCUT2D eigenvalue weighted by Gasteiger charge is 2.38. The molecule has 0 aromatic heterocycles. The Hall–Kier alpha value is -0.780. The van der Waals surface area contributed by atoms with Gasteiger partial charge in [0.2, 0.25) is 0 Å². The minimum absolute atomic E-state index is 0.0982. The number of carbonyl (C=O) groups is 1. The third-order valence-corrected chi connectivity index (χ3v) is 1.38. The molecular formula is C8H14F3NO2. The number of alkyl halides is 3. The molecule has 14 heavy (non-hydrogen) atoms. The smallest absolute Gasteiger partial charge is 0.404 e. The van der Waals surface area contributed by atoms with E-state index in [1.807, 2.05) is 0 Å². The number of ether oxygens (including phenoxy) is 1. The van der Waals surface area contributed by atoms with Crippen LogP contribution in [0.1, 0.15) is 20.3 Å². The fourth-order valence-corrected chi connectivity index (χ4v) is 0.614. The Labute approximate surface area is 80.4 Å². The zero-order valence-electron chi connectivity index (χ0n) is 8.10. The molecule has 0 radical (unpaired) electrons. The number of esters is 1. The molecule has 0 bridgehead atoms. The van der Waals surface area contributed by atoms with Crippen LogP contribution in [-0.2, 0) is 9.53 Å². The van der Waals surface area contributed by atoms with Crippen LogP contribution in [0.15, 0.2) is 0 Å². The van der Waals surface area contributed by atoms with Crippen LogP contribution in [0.5, 0.6) is 0 Å². The van der Waals surface area contributed by atoms with Crippen molar-refractivity contribution in [3.63, 3.8) is 0 Å². The number of nitrogens with two attached hydrogens (primary N) is 1. The zero-order valence-corrected chi connectivity index (χ0v) is 8.10. The summed E-state index contributed by atoms with van der Waals surface area (Å²) in [6.45, 7) is 3.69. The van der Waals surface area contributed by atoms with Crippen molar-refractivity contribution in [1.82, 2.24) is 0 Å². The summed E-state index contributed by atoms with van der Waals surface area (Å²) in [4.78, 5) is 10.8. The number of rotatable bonds is 4. The van der Waals surface area contributed by atoms with Gasteiger partial charge >= 0.3 is 12.1 Å². The minimum Gasteiger partial charge on any atom is -0.465 e. The van der Waals surface area contributed by atoms with Crippen molar-refractivity contribution in [3.8, 4) is 0 Å². The standard InChI is InChI=1S/C8H14F3NO2/c1-5(2)4-14-7(13)3-6(12)8(9,10)11/h5-6H,3-4,12H2,1-2H3/t6-/m0/s1. The first kappa shape index (κ1) is 13.2. The summed E-state index contributed by atoms with van der Waals surface area (Å²) >= 11 is 0. The van der Waals surface area contributed by atoms with Gasteiger partial charge in [-0.15, -0.1) is 0 Å². The molecule has 0 aliphatic carbocycles. The lowest BCUT2D eigenvalue weighted by molar-refractivity contribution is -0.164. The molecule has 0 saturated heterocycles. The zero-order chi connectivity index (χ0) is 11.4. The quantitative estimate of drug-likeness (QED) is 0.719. The van der Waals surface area contributed by atoms with Gasteiger partial charge in [0, 0.05) is 0 Å². The molecule has 0 rings (SSSR count). The predicted octanol–water partition coefficient (Wildman–Crippen LogP) is 1.47. The molecule has 0 heterocycles. The Morgan fingerprint density at radius 2 is 1.93 bits per heavy atom. The molecule has 0 unspecified atom stereocenters. The molecule has 0 aliphatic rings. The second-order valence-corrected chi connectivity index (χ2v) is 3.43. The maximum Gasteiger partial charge on any atom is 0.404 e. The normalized spacial score (nSPS) is 14.2. The Morgan fingerprint density at radius 1 is 1.43 bits per heavy atom. The van der Waals surface area contributed by atoms with Crippen LogP contribution in [0, 0.1) is 5.92 Å². The van der Waals surface area contributed by atoms with Crippen LogP contribution < -0.4 is 5.73 Å². The Balaban J connectivity index is 3.84. The third kappa shape index (κ3) is 5.80. The van der Waals surface area contributed by atoms with Gasteiger partial charge in [0.05, 0.1) is 13.0 Å². The Bertz CT molecular complexity index is 192. The fraction of sp³-hybridized carbons (Fsp3) is 0.875. The number of halogens is 3. The van der Waals surface area contributed by atoms with Crippen LogP contribution in [0.3, 0.4) is 0 Å². The highest BCUT2D eigenvalue weighted by Crippen LogP contribution is 2.20. The minimum atomic E-state index is -4.54. The van der Waals surface area contributed by atoms with E-state index in [9.17, 15) is 18.0 Å². The van der Waals surface area contributed by atoms with Crippen molar-refractivity contribution in [2.45, 2.75) is 32.5 Å². The second kappa shape index (κ2) is 5.19. The van der Waals surface area contributed by atoms with E-state index < -0.39 is 24.6 Å². The summed E-state index contributed by atoms with van der Waals surface area (Å²) in [5, 5.41) is 0. The summed E-state index contributed by atoms with van der Waals surface area (Å²) < 4.78 is 40.2. The SMILES string of the molecule is CC(C)COC(=O)C[C@H](N)C(F)(F)F. The van der Waals surface area contributed by atoms with Gasteiger partial charge in [-0.05, 0) is 5.92 Å². The van der Waals surface area contributed by atoms with Gasteiger partial charge < -0.3 is 10.5 Å². The van der Waals surface area contributed by atoms with Crippen molar-refractivity contribution in [2.24, 2.45) is 11.7 Å². The predicted molar refractivity (Wildman–Crippen MR) is 44.4 cm³/mol. The van der Waals surface area contributed by atoms with Crippen LogP contribution in [-0.4, -0.2) is 24.8 Å². The Morgan fingerprint density at radius 3 is 2.29 bits per heavy atom. The molecule has 1 atom stereocenters. The van der Waals surface area contributed by atoms with E-state index in [-0.39, 0.29) is 12.5 Å². The van der Waals surface area contributed by atoms with Gasteiger partial charge in [-0.25, -0.2) is 0 Å². The van der Waals surface area contributed by atoms with Crippen molar-refractivity contribution >= 4 is 5.97 Å². The fourth-order valence-electron chi connectivity index (χ4n) is 0.614. The third-order valence-electron chi connectivity index (χ3n) is 1.38. The van der Waals surface area contributed by atoms with Crippen molar-refractivity contribution in [2.75, 3.05) is 6.61 Å². The van der Waals surface area contributed by atoms with E-state index in [1.54, 1.807) is 13.8 Å². The summed E-state index contributed by atoms with van der Waals surface area (Å²) in [5.74, 6) is -0.815. The van der Waals surface area contributed by atoms with Crippen LogP contribution in [0.2, 0.25) is 0 Å². The van der Waals surface area contributed by atoms with E-state index >= 15 is 0 Å². The second-order valence-electron chi connectivity index (χ2n) is 3.43. The van der Waals surface area contributed by atoms with Crippen LogP contribution in [0.4, 0.5) is 13.2 Å². The first-order valence-electron chi connectivity index (χ1n) is 4.21. The molecule has 6 heteroatoms. The summed E-state index contributed by atoms with van der Waals surface area (Å²) in [5.41, 5.74) is 4.73. The largest absolute Gasteiger partial charge is 0.465 e. The van der Waals surface area contributed by atoms with Gasteiger partial charge in [-0.3, -0.25) is 4.79 Å². The van der Waals surface area contributed by atoms with Crippen molar-refractivity contribution in [1.29, 1.82) is 0 Å². The topological polar surface area (TPSA) is 52.3 Å². The maximum absolute atomic E-state index is 11.9. The summed E-state index contributed by atoms with van der Waals surface area (Å²) in [7, 11) is 0. The molecule has 0 aromatic rings. The molecule has 0 saturated carbocycles. The van der Waals surface area contributed by atoms with E-state index in [1.165, 1.54) is 0 Å². The van der Waals surface area contributed by atoms with E-state index in [4.69, 9.17) is 5.73 Å². The molecule has 0 aromatic carbocycles. The molecule has 0 spiro atoms. The molecule has 0 amide bonds. The molecule has 0 fully saturated rings. The number of hydrogen-bond acceptors (Lipinski definition) is 3. The van der Waals surface area contributed by atoms with E-state index in [0.717, 1.165) is 0 Å². The van der Waals surface area contributed by atoms with Crippen LogP contribution >= 0.6 is 0 Å². The van der Waals surface area contributed by atoms with E-state index in [2.05, 4.69) is 4.74 Å².